The van der Waals surface area contributed by atoms with Gasteiger partial charge in [-0.2, -0.15) is 0 Å². The van der Waals surface area contributed by atoms with Gasteiger partial charge in [0.25, 0.3) is 0 Å². The van der Waals surface area contributed by atoms with Gasteiger partial charge in [0.15, 0.2) is 0 Å². The van der Waals surface area contributed by atoms with Crippen LogP contribution in [0.25, 0.3) is 5.57 Å². The molecule has 0 fully saturated rings. The second kappa shape index (κ2) is 2.98. The number of rotatable bonds is 0. The third-order valence-electron chi connectivity index (χ3n) is 2.19. The summed E-state index contributed by atoms with van der Waals surface area (Å²) in [6.07, 6.45) is 0. The Labute approximate surface area is 77.7 Å². The minimum atomic E-state index is 1.15. The van der Waals surface area contributed by atoms with Crippen LogP contribution in [-0.4, -0.2) is 5.75 Å². The zero-order valence-electron chi connectivity index (χ0n) is 7.42. The predicted molar refractivity (Wildman–Crippen MR) is 55.4 cm³/mol. The standard InChI is InChI=1S/C11H12S/c1-8(2)10-7-12-11-6-4-3-5-9(10)11/h3-6H,7H2,1-2H3. The van der Waals surface area contributed by atoms with Crippen molar-refractivity contribution in [2.45, 2.75) is 18.7 Å². The van der Waals surface area contributed by atoms with Gasteiger partial charge >= 0.3 is 0 Å². The van der Waals surface area contributed by atoms with Crippen molar-refractivity contribution in [2.75, 3.05) is 5.75 Å². The molecule has 1 heterocycles. The lowest BCUT2D eigenvalue weighted by molar-refractivity contribution is 1.35. The third kappa shape index (κ3) is 1.18. The van der Waals surface area contributed by atoms with E-state index >= 15 is 0 Å². The summed E-state index contributed by atoms with van der Waals surface area (Å²) in [7, 11) is 0. The molecule has 1 aromatic carbocycles. The Bertz CT molecular complexity index is 333. The van der Waals surface area contributed by atoms with Crippen molar-refractivity contribution in [3.63, 3.8) is 0 Å². The van der Waals surface area contributed by atoms with Gasteiger partial charge < -0.3 is 0 Å². The Hall–Kier alpha value is -0.690. The largest absolute Gasteiger partial charge is 0.121 e. The summed E-state index contributed by atoms with van der Waals surface area (Å²) in [6.45, 7) is 4.38. The summed E-state index contributed by atoms with van der Waals surface area (Å²) in [4.78, 5) is 1.44. The van der Waals surface area contributed by atoms with E-state index in [4.69, 9.17) is 0 Å². The summed E-state index contributed by atoms with van der Waals surface area (Å²) in [5.41, 5.74) is 4.42. The topological polar surface area (TPSA) is 0 Å². The summed E-state index contributed by atoms with van der Waals surface area (Å²) >= 11 is 1.95. The van der Waals surface area contributed by atoms with Crippen LogP contribution in [0.15, 0.2) is 34.7 Å². The molecule has 0 aliphatic carbocycles. The Morgan fingerprint density at radius 2 is 2.00 bits per heavy atom. The van der Waals surface area contributed by atoms with Crippen LogP contribution in [0.2, 0.25) is 0 Å². The molecule has 0 N–H and O–H groups in total. The van der Waals surface area contributed by atoms with Crippen LogP contribution in [0.3, 0.4) is 0 Å². The monoisotopic (exact) mass is 176 g/mol. The van der Waals surface area contributed by atoms with Crippen LogP contribution in [0.1, 0.15) is 19.4 Å². The molecule has 0 atom stereocenters. The predicted octanol–water partition coefficient (Wildman–Crippen LogP) is 3.59. The third-order valence-corrected chi connectivity index (χ3v) is 3.29. The highest BCUT2D eigenvalue weighted by Crippen LogP contribution is 2.39. The fourth-order valence-electron chi connectivity index (χ4n) is 1.48. The van der Waals surface area contributed by atoms with Gasteiger partial charge in [0.2, 0.25) is 0 Å². The highest BCUT2D eigenvalue weighted by atomic mass is 32.2. The number of hydrogen-bond donors (Lipinski definition) is 0. The van der Waals surface area contributed by atoms with E-state index in [9.17, 15) is 0 Å². The molecule has 0 bridgehead atoms. The lowest BCUT2D eigenvalue weighted by atomic mass is 10.0. The van der Waals surface area contributed by atoms with Crippen LogP contribution >= 0.6 is 11.8 Å². The van der Waals surface area contributed by atoms with Crippen molar-refractivity contribution < 1.29 is 0 Å². The lowest BCUT2D eigenvalue weighted by Crippen LogP contribution is -1.82. The number of thioether (sulfide) groups is 1. The minimum absolute atomic E-state index is 1.15. The van der Waals surface area contributed by atoms with Crippen molar-refractivity contribution in [1.29, 1.82) is 0 Å². The normalized spacial score (nSPS) is 14.7. The fraction of sp³-hybridized carbons (Fsp3) is 0.273. The average molecular weight is 176 g/mol. The maximum absolute atomic E-state index is 2.22. The molecule has 0 saturated heterocycles. The molecule has 0 radical (unpaired) electrons. The summed E-state index contributed by atoms with van der Waals surface area (Å²) in [5.74, 6) is 1.15. The maximum atomic E-state index is 2.22. The van der Waals surface area contributed by atoms with E-state index in [1.165, 1.54) is 21.6 Å². The number of fused-ring (bicyclic) bond motifs is 1. The smallest absolute Gasteiger partial charge is 0.0237 e. The Morgan fingerprint density at radius 3 is 2.75 bits per heavy atom. The Kier molecular flexibility index (Phi) is 1.97. The SMILES string of the molecule is CC(C)=C1CSc2ccccc21. The summed E-state index contributed by atoms with van der Waals surface area (Å²) < 4.78 is 0. The zero-order valence-corrected chi connectivity index (χ0v) is 8.24. The summed E-state index contributed by atoms with van der Waals surface area (Å²) in [5, 5.41) is 0. The highest BCUT2D eigenvalue weighted by Gasteiger charge is 2.16. The first-order chi connectivity index (χ1) is 5.79. The summed E-state index contributed by atoms with van der Waals surface area (Å²) in [6, 6.07) is 8.65. The van der Waals surface area contributed by atoms with E-state index < -0.39 is 0 Å². The van der Waals surface area contributed by atoms with Crippen molar-refractivity contribution >= 4 is 17.3 Å². The average Bonchev–Trinajstić information content (AvgIpc) is 2.47. The van der Waals surface area contributed by atoms with Gasteiger partial charge in [0, 0.05) is 10.6 Å². The highest BCUT2D eigenvalue weighted by molar-refractivity contribution is 8.00. The second-order valence-electron chi connectivity index (χ2n) is 3.26. The molecule has 0 saturated carbocycles. The van der Waals surface area contributed by atoms with Gasteiger partial charge in [-0.1, -0.05) is 23.8 Å². The van der Waals surface area contributed by atoms with Gasteiger partial charge in [-0.15, -0.1) is 11.8 Å². The number of hydrogen-bond acceptors (Lipinski definition) is 1. The van der Waals surface area contributed by atoms with Crippen LogP contribution in [0.4, 0.5) is 0 Å². The quantitative estimate of drug-likeness (QED) is 0.582. The fourth-order valence-corrected chi connectivity index (χ4v) is 2.75. The lowest BCUT2D eigenvalue weighted by Gasteiger charge is -2.00. The van der Waals surface area contributed by atoms with E-state index in [0.717, 1.165) is 5.75 Å². The second-order valence-corrected chi connectivity index (χ2v) is 4.28. The van der Waals surface area contributed by atoms with E-state index in [-0.39, 0.29) is 0 Å². The molecule has 1 aliphatic heterocycles. The first kappa shape index (κ1) is 7.93. The van der Waals surface area contributed by atoms with Crippen molar-refractivity contribution in [1.82, 2.24) is 0 Å². The molecule has 1 aromatic rings. The molecule has 0 unspecified atom stereocenters. The van der Waals surface area contributed by atoms with E-state index in [2.05, 4.69) is 38.1 Å². The van der Waals surface area contributed by atoms with Crippen LogP contribution < -0.4 is 0 Å². The van der Waals surface area contributed by atoms with Crippen molar-refractivity contribution in [3.8, 4) is 0 Å². The number of allylic oxidation sites excluding steroid dienone is 1. The van der Waals surface area contributed by atoms with Gasteiger partial charge in [-0.05, 0) is 31.1 Å². The molecular formula is C11H12S. The van der Waals surface area contributed by atoms with Crippen molar-refractivity contribution in [2.24, 2.45) is 0 Å². The van der Waals surface area contributed by atoms with E-state index in [1.54, 1.807) is 0 Å². The molecule has 0 spiro atoms. The van der Waals surface area contributed by atoms with Gasteiger partial charge in [-0.3, -0.25) is 0 Å². The Morgan fingerprint density at radius 1 is 1.25 bits per heavy atom. The van der Waals surface area contributed by atoms with Gasteiger partial charge in [-0.25, -0.2) is 0 Å². The molecular weight excluding hydrogens is 164 g/mol. The molecule has 0 amide bonds. The molecule has 1 aliphatic rings. The zero-order chi connectivity index (χ0) is 8.55. The molecule has 0 nitrogen and oxygen atoms in total. The minimum Gasteiger partial charge on any atom is -0.121 e. The molecule has 2 rings (SSSR count). The molecule has 12 heavy (non-hydrogen) atoms. The van der Waals surface area contributed by atoms with Gasteiger partial charge in [0.1, 0.15) is 0 Å². The molecule has 62 valence electrons. The number of benzene rings is 1. The molecule has 0 aromatic heterocycles. The first-order valence-corrected chi connectivity index (χ1v) is 5.16. The molecule has 1 heteroatoms. The van der Waals surface area contributed by atoms with Gasteiger partial charge in [0.05, 0.1) is 0 Å². The first-order valence-electron chi connectivity index (χ1n) is 4.17. The van der Waals surface area contributed by atoms with Crippen molar-refractivity contribution in [3.05, 3.63) is 35.4 Å². The van der Waals surface area contributed by atoms with E-state index in [1.807, 2.05) is 11.8 Å². The van der Waals surface area contributed by atoms with Crippen LogP contribution in [-0.2, 0) is 0 Å². The van der Waals surface area contributed by atoms with E-state index in [0.29, 0.717) is 0 Å². The maximum Gasteiger partial charge on any atom is 0.0237 e. The van der Waals surface area contributed by atoms with Crippen LogP contribution in [0, 0.1) is 0 Å². The van der Waals surface area contributed by atoms with Crippen LogP contribution in [0.5, 0.6) is 0 Å². The Balaban J connectivity index is 2.57.